The molecule has 0 aliphatic carbocycles. The summed E-state index contributed by atoms with van der Waals surface area (Å²) in [5.41, 5.74) is 2.38. The number of aryl methyl sites for hydroxylation is 1. The van der Waals surface area contributed by atoms with Gasteiger partial charge in [0.25, 0.3) is 0 Å². The molecule has 1 atom stereocenters. The van der Waals surface area contributed by atoms with Crippen LogP contribution in [0.15, 0.2) is 17.6 Å². The van der Waals surface area contributed by atoms with Gasteiger partial charge in [0.15, 0.2) is 0 Å². The molecular formula is C10H12N4S. The average molecular weight is 220 g/mol. The third-order valence-corrected chi connectivity index (χ3v) is 3.70. The fourth-order valence-corrected chi connectivity index (χ4v) is 2.93. The predicted molar refractivity (Wildman–Crippen MR) is 58.9 cm³/mol. The molecule has 0 saturated heterocycles. The summed E-state index contributed by atoms with van der Waals surface area (Å²) in [6.45, 7) is 1.02. The van der Waals surface area contributed by atoms with Crippen LogP contribution in [0, 0.1) is 0 Å². The predicted octanol–water partition coefficient (Wildman–Crippen LogP) is 1.11. The number of fused-ring (bicyclic) bond motifs is 1. The molecule has 3 rings (SSSR count). The van der Waals surface area contributed by atoms with Crippen LogP contribution in [0.4, 0.5) is 0 Å². The summed E-state index contributed by atoms with van der Waals surface area (Å²) in [5, 5.41) is 13.8. The van der Waals surface area contributed by atoms with E-state index in [9.17, 15) is 0 Å². The van der Waals surface area contributed by atoms with Gasteiger partial charge in [0.1, 0.15) is 5.69 Å². The van der Waals surface area contributed by atoms with E-state index < -0.39 is 0 Å². The summed E-state index contributed by atoms with van der Waals surface area (Å²) >= 11 is 1.84. The van der Waals surface area contributed by atoms with E-state index >= 15 is 0 Å². The Morgan fingerprint density at radius 2 is 2.53 bits per heavy atom. The molecule has 0 aromatic carbocycles. The molecule has 5 heteroatoms. The maximum atomic E-state index is 4.17. The number of aromatic nitrogens is 3. The minimum atomic E-state index is 0.230. The lowest BCUT2D eigenvalue weighted by Gasteiger charge is -2.22. The number of rotatable bonds is 1. The molecule has 0 radical (unpaired) electrons. The van der Waals surface area contributed by atoms with Crippen molar-refractivity contribution in [3.8, 4) is 0 Å². The van der Waals surface area contributed by atoms with Crippen molar-refractivity contribution in [2.24, 2.45) is 7.05 Å². The number of hydrogen-bond donors (Lipinski definition) is 1. The third-order valence-electron chi connectivity index (χ3n) is 2.71. The van der Waals surface area contributed by atoms with Gasteiger partial charge in [0.2, 0.25) is 0 Å². The molecule has 3 heterocycles. The van der Waals surface area contributed by atoms with Crippen molar-refractivity contribution >= 4 is 11.3 Å². The van der Waals surface area contributed by atoms with Gasteiger partial charge < -0.3 is 5.32 Å². The lowest BCUT2D eigenvalue weighted by Crippen LogP contribution is -2.29. The highest BCUT2D eigenvalue weighted by Gasteiger charge is 2.24. The van der Waals surface area contributed by atoms with Gasteiger partial charge in [0.05, 0.1) is 12.2 Å². The van der Waals surface area contributed by atoms with Crippen molar-refractivity contribution in [1.82, 2.24) is 20.3 Å². The summed E-state index contributed by atoms with van der Waals surface area (Å²) in [5.74, 6) is 0. The highest BCUT2D eigenvalue weighted by Crippen LogP contribution is 2.30. The molecule has 0 amide bonds. The summed E-state index contributed by atoms with van der Waals surface area (Å²) in [6.07, 6.45) is 3.11. The molecule has 1 aliphatic rings. The lowest BCUT2D eigenvalue weighted by atomic mass is 10.0. The fourth-order valence-electron chi connectivity index (χ4n) is 2.01. The second-order valence-electron chi connectivity index (χ2n) is 3.75. The van der Waals surface area contributed by atoms with Crippen molar-refractivity contribution in [3.63, 3.8) is 0 Å². The van der Waals surface area contributed by atoms with Gasteiger partial charge in [-0.3, -0.25) is 4.68 Å². The molecular weight excluding hydrogens is 208 g/mol. The average Bonchev–Trinajstić information content (AvgIpc) is 2.84. The molecule has 78 valence electrons. The van der Waals surface area contributed by atoms with Gasteiger partial charge in [0, 0.05) is 18.5 Å². The molecule has 0 saturated carbocycles. The number of hydrogen-bond acceptors (Lipinski definition) is 4. The Hall–Kier alpha value is -1.20. The van der Waals surface area contributed by atoms with Crippen LogP contribution in [-0.2, 0) is 13.5 Å². The first-order valence-corrected chi connectivity index (χ1v) is 5.88. The molecule has 4 nitrogen and oxygen atoms in total. The molecule has 2 aromatic rings. The summed E-state index contributed by atoms with van der Waals surface area (Å²) in [4.78, 5) is 1.48. The summed E-state index contributed by atoms with van der Waals surface area (Å²) in [7, 11) is 1.90. The molecule has 0 fully saturated rings. The van der Waals surface area contributed by atoms with Crippen molar-refractivity contribution < 1.29 is 0 Å². The second kappa shape index (κ2) is 3.43. The van der Waals surface area contributed by atoms with Crippen LogP contribution in [-0.4, -0.2) is 21.5 Å². The van der Waals surface area contributed by atoms with Gasteiger partial charge in [-0.1, -0.05) is 5.21 Å². The van der Waals surface area contributed by atoms with Gasteiger partial charge in [-0.15, -0.1) is 16.4 Å². The van der Waals surface area contributed by atoms with Crippen molar-refractivity contribution in [1.29, 1.82) is 0 Å². The molecule has 1 unspecified atom stereocenters. The van der Waals surface area contributed by atoms with E-state index in [1.54, 1.807) is 4.68 Å². The van der Waals surface area contributed by atoms with Crippen molar-refractivity contribution in [3.05, 3.63) is 33.8 Å². The molecule has 2 aromatic heterocycles. The standard InChI is InChI=1S/C10H12N4S/c1-14-6-8(12-13-14)10-7-3-5-15-9(7)2-4-11-10/h3,5-6,10-11H,2,4H2,1H3. The Morgan fingerprint density at radius 1 is 1.60 bits per heavy atom. The topological polar surface area (TPSA) is 42.7 Å². The quantitative estimate of drug-likeness (QED) is 0.783. The SMILES string of the molecule is Cn1cc(C2NCCc3sccc32)nn1. The van der Waals surface area contributed by atoms with E-state index in [4.69, 9.17) is 0 Å². The number of nitrogens with zero attached hydrogens (tertiary/aromatic N) is 3. The monoisotopic (exact) mass is 220 g/mol. The molecule has 1 N–H and O–H groups in total. The van der Waals surface area contributed by atoms with Crippen LogP contribution >= 0.6 is 11.3 Å². The Kier molecular flexibility index (Phi) is 2.07. The van der Waals surface area contributed by atoms with E-state index in [-0.39, 0.29) is 6.04 Å². The molecule has 0 bridgehead atoms. The fraction of sp³-hybridized carbons (Fsp3) is 0.400. The van der Waals surface area contributed by atoms with Crippen molar-refractivity contribution in [2.75, 3.05) is 6.54 Å². The first kappa shape index (κ1) is 9.06. The Bertz CT molecular complexity index is 473. The smallest absolute Gasteiger partial charge is 0.104 e. The normalized spacial score (nSPS) is 20.2. The molecule has 1 aliphatic heterocycles. The number of nitrogens with one attached hydrogen (secondary N) is 1. The Balaban J connectivity index is 2.02. The van der Waals surface area contributed by atoms with Crippen LogP contribution in [0.25, 0.3) is 0 Å². The first-order chi connectivity index (χ1) is 7.34. The number of thiophene rings is 1. The maximum Gasteiger partial charge on any atom is 0.104 e. The van der Waals surface area contributed by atoms with E-state index in [1.807, 2.05) is 24.6 Å². The summed E-state index contributed by atoms with van der Waals surface area (Å²) < 4.78 is 1.75. The summed E-state index contributed by atoms with van der Waals surface area (Å²) in [6, 6.07) is 2.42. The molecule has 15 heavy (non-hydrogen) atoms. The van der Waals surface area contributed by atoms with Gasteiger partial charge in [-0.2, -0.15) is 0 Å². The van der Waals surface area contributed by atoms with Crippen LogP contribution in [0.1, 0.15) is 22.2 Å². The van der Waals surface area contributed by atoms with Gasteiger partial charge in [-0.05, 0) is 23.4 Å². The minimum Gasteiger partial charge on any atom is -0.304 e. The van der Waals surface area contributed by atoms with E-state index in [0.717, 1.165) is 18.7 Å². The Morgan fingerprint density at radius 3 is 3.33 bits per heavy atom. The largest absolute Gasteiger partial charge is 0.304 e. The van der Waals surface area contributed by atoms with Crippen LogP contribution < -0.4 is 5.32 Å². The zero-order valence-corrected chi connectivity index (χ0v) is 9.29. The van der Waals surface area contributed by atoms with E-state index in [2.05, 4.69) is 27.1 Å². The van der Waals surface area contributed by atoms with Crippen LogP contribution in [0.2, 0.25) is 0 Å². The van der Waals surface area contributed by atoms with E-state index in [1.165, 1.54) is 10.4 Å². The first-order valence-electron chi connectivity index (χ1n) is 5.00. The maximum absolute atomic E-state index is 4.17. The highest BCUT2D eigenvalue weighted by molar-refractivity contribution is 7.10. The minimum absolute atomic E-state index is 0.230. The zero-order valence-electron chi connectivity index (χ0n) is 8.47. The van der Waals surface area contributed by atoms with Crippen LogP contribution in [0.3, 0.4) is 0 Å². The Labute approximate surface area is 91.9 Å². The lowest BCUT2D eigenvalue weighted by molar-refractivity contribution is 0.562. The second-order valence-corrected chi connectivity index (χ2v) is 4.75. The van der Waals surface area contributed by atoms with Gasteiger partial charge in [-0.25, -0.2) is 0 Å². The molecule has 0 spiro atoms. The van der Waals surface area contributed by atoms with Gasteiger partial charge >= 0.3 is 0 Å². The highest BCUT2D eigenvalue weighted by atomic mass is 32.1. The third kappa shape index (κ3) is 1.48. The van der Waals surface area contributed by atoms with E-state index in [0.29, 0.717) is 0 Å². The van der Waals surface area contributed by atoms with Crippen molar-refractivity contribution in [2.45, 2.75) is 12.5 Å². The zero-order chi connectivity index (χ0) is 10.3. The van der Waals surface area contributed by atoms with Crippen LogP contribution in [0.5, 0.6) is 0 Å².